The first-order valence-electron chi connectivity index (χ1n) is 4.34. The number of nitriles is 1. The third-order valence-corrected chi connectivity index (χ3v) is 2.49. The molecule has 0 bridgehead atoms. The number of anilines is 1. The standard InChI is InChI=1S/C10H9IN4O/c1-6-4-7(11)2-3-8(6)14-15-9(5-12)10(13)16/h2-4,14H,1H3,(H2,13,16)/b15-9+. The molecule has 0 aliphatic heterocycles. The van der Waals surface area contributed by atoms with Gasteiger partial charge < -0.3 is 5.73 Å². The van der Waals surface area contributed by atoms with Crippen molar-refractivity contribution in [3.63, 3.8) is 0 Å². The second kappa shape index (κ2) is 5.46. The highest BCUT2D eigenvalue weighted by Gasteiger charge is 2.05. The lowest BCUT2D eigenvalue weighted by Crippen LogP contribution is -2.22. The summed E-state index contributed by atoms with van der Waals surface area (Å²) in [5.74, 6) is -0.849. The Labute approximate surface area is 106 Å². The van der Waals surface area contributed by atoms with Gasteiger partial charge in [-0.2, -0.15) is 10.4 Å². The Morgan fingerprint density at radius 1 is 1.62 bits per heavy atom. The molecule has 1 aromatic carbocycles. The van der Waals surface area contributed by atoms with E-state index in [9.17, 15) is 4.79 Å². The van der Waals surface area contributed by atoms with Crippen LogP contribution in [0.5, 0.6) is 0 Å². The number of nitrogens with one attached hydrogen (secondary N) is 1. The maximum atomic E-state index is 10.7. The molecule has 0 aliphatic rings. The zero-order valence-electron chi connectivity index (χ0n) is 8.49. The third-order valence-electron chi connectivity index (χ3n) is 1.82. The number of amides is 1. The average Bonchev–Trinajstić information content (AvgIpc) is 2.21. The van der Waals surface area contributed by atoms with Gasteiger partial charge in [0.15, 0.2) is 0 Å². The fourth-order valence-corrected chi connectivity index (χ4v) is 1.65. The zero-order chi connectivity index (χ0) is 12.1. The second-order valence-electron chi connectivity index (χ2n) is 3.01. The molecule has 0 radical (unpaired) electrons. The number of nitrogens with two attached hydrogens (primary N) is 1. The van der Waals surface area contributed by atoms with Crippen molar-refractivity contribution in [1.82, 2.24) is 0 Å². The van der Waals surface area contributed by atoms with Crippen LogP contribution in [-0.2, 0) is 4.79 Å². The molecule has 82 valence electrons. The molecule has 16 heavy (non-hydrogen) atoms. The van der Waals surface area contributed by atoms with Crippen LogP contribution in [0.4, 0.5) is 5.69 Å². The lowest BCUT2D eigenvalue weighted by Gasteiger charge is -2.04. The molecule has 1 amide bonds. The fraction of sp³-hybridized carbons (Fsp3) is 0.100. The first kappa shape index (κ1) is 12.4. The predicted octanol–water partition coefficient (Wildman–Crippen LogP) is 1.38. The summed E-state index contributed by atoms with van der Waals surface area (Å²) >= 11 is 2.19. The van der Waals surface area contributed by atoms with Crippen LogP contribution < -0.4 is 11.2 Å². The third kappa shape index (κ3) is 3.20. The summed E-state index contributed by atoms with van der Waals surface area (Å²) in [4.78, 5) is 10.7. The van der Waals surface area contributed by atoms with Crippen LogP contribution in [0.15, 0.2) is 23.3 Å². The van der Waals surface area contributed by atoms with Crippen molar-refractivity contribution < 1.29 is 4.79 Å². The molecule has 0 saturated carbocycles. The minimum absolute atomic E-state index is 0.349. The maximum Gasteiger partial charge on any atom is 0.280 e. The van der Waals surface area contributed by atoms with Gasteiger partial charge in [-0.05, 0) is 53.3 Å². The molecule has 0 unspecified atom stereocenters. The number of hydrogen-bond donors (Lipinski definition) is 2. The summed E-state index contributed by atoms with van der Waals surface area (Å²) in [6, 6.07) is 7.27. The van der Waals surface area contributed by atoms with Crippen molar-refractivity contribution >= 4 is 39.9 Å². The van der Waals surface area contributed by atoms with Crippen molar-refractivity contribution in [2.45, 2.75) is 6.92 Å². The number of nitrogens with zero attached hydrogens (tertiary/aromatic N) is 2. The fourth-order valence-electron chi connectivity index (χ4n) is 1.00. The molecular weight excluding hydrogens is 319 g/mol. The van der Waals surface area contributed by atoms with Gasteiger partial charge in [-0.1, -0.05) is 0 Å². The number of hydrogen-bond acceptors (Lipinski definition) is 4. The van der Waals surface area contributed by atoms with E-state index in [1.54, 1.807) is 6.07 Å². The molecule has 1 rings (SSSR count). The van der Waals surface area contributed by atoms with Gasteiger partial charge in [0.1, 0.15) is 6.07 Å². The number of benzene rings is 1. The highest BCUT2D eigenvalue weighted by Crippen LogP contribution is 2.17. The van der Waals surface area contributed by atoms with E-state index in [4.69, 9.17) is 11.0 Å². The summed E-state index contributed by atoms with van der Waals surface area (Å²) in [7, 11) is 0. The molecule has 0 spiro atoms. The van der Waals surface area contributed by atoms with Gasteiger partial charge in [0.2, 0.25) is 5.71 Å². The second-order valence-corrected chi connectivity index (χ2v) is 4.25. The monoisotopic (exact) mass is 328 g/mol. The summed E-state index contributed by atoms with van der Waals surface area (Å²) < 4.78 is 1.10. The molecular formula is C10H9IN4O. The van der Waals surface area contributed by atoms with E-state index in [0.717, 1.165) is 14.8 Å². The first-order valence-corrected chi connectivity index (χ1v) is 5.42. The van der Waals surface area contributed by atoms with Crippen molar-refractivity contribution in [1.29, 1.82) is 5.26 Å². The Bertz CT molecular complexity index is 490. The number of rotatable bonds is 3. The van der Waals surface area contributed by atoms with Crippen LogP contribution in [0.3, 0.4) is 0 Å². The van der Waals surface area contributed by atoms with Gasteiger partial charge >= 0.3 is 0 Å². The Hall–Kier alpha value is -1.62. The van der Waals surface area contributed by atoms with Crippen LogP contribution in [0.2, 0.25) is 0 Å². The maximum absolute atomic E-state index is 10.7. The van der Waals surface area contributed by atoms with Gasteiger partial charge in [-0.15, -0.1) is 0 Å². The van der Waals surface area contributed by atoms with Crippen molar-refractivity contribution in [2.24, 2.45) is 10.8 Å². The molecule has 5 nitrogen and oxygen atoms in total. The summed E-state index contributed by atoms with van der Waals surface area (Å²) in [6.07, 6.45) is 0. The molecule has 0 heterocycles. The van der Waals surface area contributed by atoms with E-state index in [1.165, 1.54) is 0 Å². The smallest absolute Gasteiger partial charge is 0.280 e. The topological polar surface area (TPSA) is 91.3 Å². The lowest BCUT2D eigenvalue weighted by molar-refractivity contribution is -0.111. The van der Waals surface area contributed by atoms with Gasteiger partial charge in [0, 0.05) is 3.57 Å². The Morgan fingerprint density at radius 2 is 2.31 bits per heavy atom. The van der Waals surface area contributed by atoms with Crippen LogP contribution in [0.1, 0.15) is 5.56 Å². The number of hydrazone groups is 1. The summed E-state index contributed by atoms with van der Waals surface area (Å²) in [5, 5.41) is 12.2. The molecule has 0 saturated heterocycles. The van der Waals surface area contributed by atoms with Crippen LogP contribution in [0, 0.1) is 21.8 Å². The minimum Gasteiger partial charge on any atom is -0.364 e. The molecule has 0 aliphatic carbocycles. The summed E-state index contributed by atoms with van der Waals surface area (Å²) in [5.41, 5.74) is 8.93. The molecule has 0 atom stereocenters. The van der Waals surface area contributed by atoms with Crippen molar-refractivity contribution in [3.05, 3.63) is 27.3 Å². The predicted molar refractivity (Wildman–Crippen MR) is 69.8 cm³/mol. The zero-order valence-corrected chi connectivity index (χ0v) is 10.6. The van der Waals surface area contributed by atoms with E-state index in [2.05, 4.69) is 33.1 Å². The minimum atomic E-state index is -0.849. The van der Waals surface area contributed by atoms with E-state index in [1.807, 2.05) is 25.1 Å². The molecule has 0 fully saturated rings. The van der Waals surface area contributed by atoms with Crippen LogP contribution >= 0.6 is 22.6 Å². The summed E-state index contributed by atoms with van der Waals surface area (Å²) in [6.45, 7) is 1.90. The molecule has 6 heteroatoms. The number of carbonyl (C=O) groups excluding carboxylic acids is 1. The number of aryl methyl sites for hydroxylation is 1. The van der Waals surface area contributed by atoms with Gasteiger partial charge in [-0.3, -0.25) is 10.2 Å². The number of halogens is 1. The van der Waals surface area contributed by atoms with E-state index in [0.29, 0.717) is 0 Å². The molecule has 1 aromatic rings. The van der Waals surface area contributed by atoms with Crippen molar-refractivity contribution in [2.75, 3.05) is 5.43 Å². The molecule has 0 aromatic heterocycles. The Morgan fingerprint density at radius 3 is 2.81 bits per heavy atom. The quantitative estimate of drug-likeness (QED) is 0.499. The number of primary amides is 1. The highest BCUT2D eigenvalue weighted by atomic mass is 127. The average molecular weight is 328 g/mol. The first-order chi connectivity index (χ1) is 7.54. The Balaban J connectivity index is 2.90. The highest BCUT2D eigenvalue weighted by molar-refractivity contribution is 14.1. The van der Waals surface area contributed by atoms with Gasteiger partial charge in [0.25, 0.3) is 5.91 Å². The SMILES string of the molecule is Cc1cc(I)ccc1N/N=C(\C#N)C(N)=O. The van der Waals surface area contributed by atoms with E-state index in [-0.39, 0.29) is 5.71 Å². The normalized spacial score (nSPS) is 10.7. The van der Waals surface area contributed by atoms with Crippen LogP contribution in [0.25, 0.3) is 0 Å². The van der Waals surface area contributed by atoms with Gasteiger partial charge in [-0.25, -0.2) is 0 Å². The van der Waals surface area contributed by atoms with Crippen LogP contribution in [-0.4, -0.2) is 11.6 Å². The largest absolute Gasteiger partial charge is 0.364 e. The van der Waals surface area contributed by atoms with E-state index >= 15 is 0 Å². The number of carbonyl (C=O) groups is 1. The molecule has 3 N–H and O–H groups in total. The van der Waals surface area contributed by atoms with Gasteiger partial charge in [0.05, 0.1) is 5.69 Å². The van der Waals surface area contributed by atoms with Crippen molar-refractivity contribution in [3.8, 4) is 6.07 Å². The van der Waals surface area contributed by atoms with E-state index < -0.39 is 5.91 Å². The lowest BCUT2D eigenvalue weighted by atomic mass is 10.2. The Kier molecular flexibility index (Phi) is 4.25.